The summed E-state index contributed by atoms with van der Waals surface area (Å²) in [6.07, 6.45) is 0. The van der Waals surface area contributed by atoms with Crippen LogP contribution in [0.4, 0.5) is 0 Å². The Hall–Kier alpha value is -0.290. The summed E-state index contributed by atoms with van der Waals surface area (Å²) in [5, 5.41) is 0. The minimum absolute atomic E-state index is 0. The second kappa shape index (κ2) is 7.12. The van der Waals surface area contributed by atoms with Gasteiger partial charge in [-0.2, -0.15) is 0 Å². The molecule has 0 amide bonds. The van der Waals surface area contributed by atoms with Crippen LogP contribution in [0, 0.1) is 19.8 Å². The molecule has 16 heavy (non-hydrogen) atoms. The molecule has 1 aromatic carbocycles. The van der Waals surface area contributed by atoms with E-state index in [1.54, 1.807) is 0 Å². The van der Waals surface area contributed by atoms with E-state index in [4.69, 9.17) is 10.5 Å². The lowest BCUT2D eigenvalue weighted by Gasteiger charge is -2.18. The first kappa shape index (κ1) is 15.7. The second-order valence-electron chi connectivity index (χ2n) is 4.44. The molecular weight excluding hydrogens is 313 g/mol. The number of para-hydroxylation sites is 1. The quantitative estimate of drug-likeness (QED) is 0.857. The fourth-order valence-electron chi connectivity index (χ4n) is 1.40. The van der Waals surface area contributed by atoms with Crippen molar-refractivity contribution in [3.63, 3.8) is 0 Å². The highest BCUT2D eigenvalue weighted by Crippen LogP contribution is 2.22. The highest BCUT2D eigenvalue weighted by atomic mass is 127. The van der Waals surface area contributed by atoms with E-state index in [1.165, 1.54) is 11.1 Å². The van der Waals surface area contributed by atoms with Crippen LogP contribution in [0.15, 0.2) is 18.2 Å². The number of aryl methyl sites for hydroxylation is 2. The minimum Gasteiger partial charge on any atom is -0.491 e. The molecule has 0 aromatic heterocycles. The van der Waals surface area contributed by atoms with Crippen molar-refractivity contribution in [1.82, 2.24) is 0 Å². The van der Waals surface area contributed by atoms with Gasteiger partial charge >= 0.3 is 0 Å². The van der Waals surface area contributed by atoms with Gasteiger partial charge in [-0.3, -0.25) is 0 Å². The van der Waals surface area contributed by atoms with Gasteiger partial charge in [0.05, 0.1) is 0 Å². The summed E-state index contributed by atoms with van der Waals surface area (Å²) in [5.41, 5.74) is 8.28. The Balaban J connectivity index is 0.00000225. The summed E-state index contributed by atoms with van der Waals surface area (Å²) >= 11 is 0. The van der Waals surface area contributed by atoms with Crippen molar-refractivity contribution in [3.05, 3.63) is 29.3 Å². The van der Waals surface area contributed by atoms with Crippen molar-refractivity contribution in [1.29, 1.82) is 0 Å². The summed E-state index contributed by atoms with van der Waals surface area (Å²) < 4.78 is 5.77. The smallest absolute Gasteiger partial charge is 0.125 e. The van der Waals surface area contributed by atoms with Crippen LogP contribution in [-0.2, 0) is 0 Å². The maximum atomic E-state index is 5.94. The van der Waals surface area contributed by atoms with E-state index in [1.807, 2.05) is 6.07 Å². The molecule has 0 aliphatic heterocycles. The number of hydrogen-bond donors (Lipinski definition) is 1. The molecular formula is C13H22INO. The van der Waals surface area contributed by atoms with Gasteiger partial charge in [-0.15, -0.1) is 24.0 Å². The number of halogens is 1. The molecule has 0 spiro atoms. The fourth-order valence-corrected chi connectivity index (χ4v) is 1.40. The molecule has 0 bridgehead atoms. The SMILES string of the molecule is Cc1cccc(C)c1OC[C@@H](N)C(C)C.I. The highest BCUT2D eigenvalue weighted by Gasteiger charge is 2.10. The number of nitrogens with two attached hydrogens (primary N) is 1. The van der Waals surface area contributed by atoms with Gasteiger partial charge in [0, 0.05) is 6.04 Å². The minimum atomic E-state index is 0. The molecule has 0 aliphatic carbocycles. The van der Waals surface area contributed by atoms with E-state index >= 15 is 0 Å². The average molecular weight is 335 g/mol. The second-order valence-corrected chi connectivity index (χ2v) is 4.44. The third-order valence-corrected chi connectivity index (χ3v) is 2.69. The fraction of sp³-hybridized carbons (Fsp3) is 0.538. The summed E-state index contributed by atoms with van der Waals surface area (Å²) in [7, 11) is 0. The van der Waals surface area contributed by atoms with Crippen LogP contribution in [0.5, 0.6) is 5.75 Å². The van der Waals surface area contributed by atoms with E-state index in [9.17, 15) is 0 Å². The van der Waals surface area contributed by atoms with Gasteiger partial charge < -0.3 is 10.5 Å². The van der Waals surface area contributed by atoms with Gasteiger partial charge in [0.25, 0.3) is 0 Å². The molecule has 0 unspecified atom stereocenters. The zero-order valence-electron chi connectivity index (χ0n) is 10.5. The van der Waals surface area contributed by atoms with Crippen molar-refractivity contribution < 1.29 is 4.74 Å². The number of rotatable bonds is 4. The molecule has 1 rings (SSSR count). The molecule has 0 saturated carbocycles. The van der Waals surface area contributed by atoms with Crippen LogP contribution in [0.25, 0.3) is 0 Å². The van der Waals surface area contributed by atoms with Gasteiger partial charge in [0.1, 0.15) is 12.4 Å². The Bertz CT molecular complexity index is 305. The first-order valence-corrected chi connectivity index (χ1v) is 5.47. The van der Waals surface area contributed by atoms with Gasteiger partial charge in [-0.05, 0) is 30.9 Å². The lowest BCUT2D eigenvalue weighted by Crippen LogP contribution is -2.33. The maximum Gasteiger partial charge on any atom is 0.125 e. The maximum absolute atomic E-state index is 5.94. The molecule has 0 saturated heterocycles. The summed E-state index contributed by atoms with van der Waals surface area (Å²) in [6, 6.07) is 6.26. The van der Waals surface area contributed by atoms with Crippen molar-refractivity contribution in [2.75, 3.05) is 6.61 Å². The number of benzene rings is 1. The van der Waals surface area contributed by atoms with Crippen molar-refractivity contribution in [2.45, 2.75) is 33.7 Å². The normalized spacial score (nSPS) is 12.1. The van der Waals surface area contributed by atoms with E-state index < -0.39 is 0 Å². The molecule has 0 radical (unpaired) electrons. The van der Waals surface area contributed by atoms with E-state index in [0.29, 0.717) is 12.5 Å². The Morgan fingerprint density at radius 1 is 1.19 bits per heavy atom. The van der Waals surface area contributed by atoms with Crippen molar-refractivity contribution in [3.8, 4) is 5.75 Å². The largest absolute Gasteiger partial charge is 0.491 e. The Morgan fingerprint density at radius 2 is 1.69 bits per heavy atom. The third-order valence-electron chi connectivity index (χ3n) is 2.69. The number of hydrogen-bond acceptors (Lipinski definition) is 2. The Kier molecular flexibility index (Phi) is 6.99. The monoisotopic (exact) mass is 335 g/mol. The van der Waals surface area contributed by atoms with E-state index in [0.717, 1.165) is 5.75 Å². The molecule has 92 valence electrons. The molecule has 0 fully saturated rings. The molecule has 0 heterocycles. The first-order chi connectivity index (χ1) is 7.02. The number of ether oxygens (including phenoxy) is 1. The lowest BCUT2D eigenvalue weighted by molar-refractivity contribution is 0.257. The van der Waals surface area contributed by atoms with Crippen LogP contribution in [0.1, 0.15) is 25.0 Å². The first-order valence-electron chi connectivity index (χ1n) is 5.47. The van der Waals surface area contributed by atoms with Crippen molar-refractivity contribution in [2.24, 2.45) is 11.7 Å². The summed E-state index contributed by atoms with van der Waals surface area (Å²) in [5.74, 6) is 1.43. The highest BCUT2D eigenvalue weighted by molar-refractivity contribution is 14.0. The zero-order chi connectivity index (χ0) is 11.4. The standard InChI is InChI=1S/C13H21NO.HI/c1-9(2)12(14)8-15-13-10(3)6-5-7-11(13)4;/h5-7,9,12H,8,14H2,1-4H3;1H/t12-;/m1./s1. The lowest BCUT2D eigenvalue weighted by atomic mass is 10.1. The van der Waals surface area contributed by atoms with Gasteiger partial charge in [-0.1, -0.05) is 32.0 Å². The van der Waals surface area contributed by atoms with Crippen LogP contribution in [-0.4, -0.2) is 12.6 Å². The van der Waals surface area contributed by atoms with Gasteiger partial charge in [0.15, 0.2) is 0 Å². The molecule has 2 nitrogen and oxygen atoms in total. The Morgan fingerprint density at radius 3 is 2.12 bits per heavy atom. The third kappa shape index (κ3) is 4.29. The van der Waals surface area contributed by atoms with Crippen LogP contribution < -0.4 is 10.5 Å². The predicted molar refractivity (Wildman–Crippen MR) is 79.6 cm³/mol. The van der Waals surface area contributed by atoms with Gasteiger partial charge in [0.2, 0.25) is 0 Å². The molecule has 1 atom stereocenters. The van der Waals surface area contributed by atoms with Gasteiger partial charge in [-0.25, -0.2) is 0 Å². The molecule has 0 aliphatic rings. The van der Waals surface area contributed by atoms with E-state index in [2.05, 4.69) is 39.8 Å². The van der Waals surface area contributed by atoms with Crippen LogP contribution in [0.2, 0.25) is 0 Å². The van der Waals surface area contributed by atoms with Crippen LogP contribution >= 0.6 is 24.0 Å². The van der Waals surface area contributed by atoms with Crippen molar-refractivity contribution >= 4 is 24.0 Å². The predicted octanol–water partition coefficient (Wildman–Crippen LogP) is 3.28. The summed E-state index contributed by atoms with van der Waals surface area (Å²) in [6.45, 7) is 8.92. The topological polar surface area (TPSA) is 35.2 Å². The Labute approximate surface area is 116 Å². The molecule has 1 aromatic rings. The molecule has 3 heteroatoms. The van der Waals surface area contributed by atoms with Crippen LogP contribution in [0.3, 0.4) is 0 Å². The summed E-state index contributed by atoms with van der Waals surface area (Å²) in [4.78, 5) is 0. The van der Waals surface area contributed by atoms with E-state index in [-0.39, 0.29) is 30.0 Å². The zero-order valence-corrected chi connectivity index (χ0v) is 12.8. The average Bonchev–Trinajstić information content (AvgIpc) is 2.16. The molecule has 2 N–H and O–H groups in total.